The zero-order valence-corrected chi connectivity index (χ0v) is 13.1. The molecule has 0 spiro atoms. The standard InChI is InChI=1S/C16H26FNO2/c1-6-16(4,20-8-3)15(18-7-2)13-11-12(17)9-10-14(13)19-5/h9-11,15,18H,6-8H2,1-5H3. The molecule has 1 rings (SSSR count). The number of hydrogen-bond acceptors (Lipinski definition) is 3. The molecule has 0 saturated heterocycles. The first-order valence-electron chi connectivity index (χ1n) is 7.23. The van der Waals surface area contributed by atoms with Crippen LogP contribution in [0.2, 0.25) is 0 Å². The van der Waals surface area contributed by atoms with Crippen LogP contribution in [0.3, 0.4) is 0 Å². The van der Waals surface area contributed by atoms with Gasteiger partial charge in [0, 0.05) is 12.2 Å². The van der Waals surface area contributed by atoms with Crippen LogP contribution in [0.5, 0.6) is 5.75 Å². The van der Waals surface area contributed by atoms with E-state index < -0.39 is 5.60 Å². The SMILES string of the molecule is CCNC(c1cc(F)ccc1OC)C(C)(CC)OCC. The lowest BCUT2D eigenvalue weighted by Gasteiger charge is -2.38. The third-order valence-electron chi connectivity index (χ3n) is 3.70. The number of likely N-dealkylation sites (N-methyl/N-ethyl adjacent to an activating group) is 1. The Morgan fingerprint density at radius 2 is 2.00 bits per heavy atom. The molecule has 114 valence electrons. The smallest absolute Gasteiger partial charge is 0.123 e. The number of hydrogen-bond donors (Lipinski definition) is 1. The van der Waals surface area contributed by atoms with Crippen LogP contribution in [-0.2, 0) is 4.74 Å². The Bertz CT molecular complexity index is 425. The first-order chi connectivity index (χ1) is 9.52. The minimum absolute atomic E-state index is 0.122. The molecule has 0 fully saturated rings. The first-order valence-corrected chi connectivity index (χ1v) is 7.23. The third-order valence-corrected chi connectivity index (χ3v) is 3.70. The highest BCUT2D eigenvalue weighted by Crippen LogP contribution is 2.37. The van der Waals surface area contributed by atoms with E-state index in [1.807, 2.05) is 20.8 Å². The van der Waals surface area contributed by atoms with Crippen LogP contribution in [0, 0.1) is 5.82 Å². The topological polar surface area (TPSA) is 30.5 Å². The molecule has 0 aromatic heterocycles. The van der Waals surface area contributed by atoms with Crippen LogP contribution >= 0.6 is 0 Å². The molecule has 3 nitrogen and oxygen atoms in total. The molecule has 1 aromatic carbocycles. The number of rotatable bonds is 8. The van der Waals surface area contributed by atoms with Gasteiger partial charge < -0.3 is 14.8 Å². The van der Waals surface area contributed by atoms with Crippen molar-refractivity contribution in [2.24, 2.45) is 0 Å². The second-order valence-electron chi connectivity index (χ2n) is 4.98. The Kier molecular flexibility index (Phi) is 6.43. The molecule has 2 atom stereocenters. The summed E-state index contributed by atoms with van der Waals surface area (Å²) >= 11 is 0. The van der Waals surface area contributed by atoms with Crippen molar-refractivity contribution in [2.45, 2.75) is 45.8 Å². The molecule has 0 radical (unpaired) electrons. The van der Waals surface area contributed by atoms with Crippen molar-refractivity contribution in [2.75, 3.05) is 20.3 Å². The van der Waals surface area contributed by atoms with Gasteiger partial charge in [-0.1, -0.05) is 13.8 Å². The van der Waals surface area contributed by atoms with Crippen LogP contribution in [-0.4, -0.2) is 25.9 Å². The van der Waals surface area contributed by atoms with Crippen LogP contribution in [0.1, 0.15) is 45.7 Å². The summed E-state index contributed by atoms with van der Waals surface area (Å²) in [6.45, 7) is 9.51. The molecule has 20 heavy (non-hydrogen) atoms. The summed E-state index contributed by atoms with van der Waals surface area (Å²) in [5.74, 6) is 0.412. The molecule has 1 aromatic rings. The van der Waals surface area contributed by atoms with Gasteiger partial charge in [0.2, 0.25) is 0 Å². The van der Waals surface area contributed by atoms with Crippen molar-refractivity contribution in [1.29, 1.82) is 0 Å². The lowest BCUT2D eigenvalue weighted by molar-refractivity contribution is -0.0564. The molecule has 0 saturated carbocycles. The fourth-order valence-electron chi connectivity index (χ4n) is 2.51. The fraction of sp³-hybridized carbons (Fsp3) is 0.625. The molecule has 0 amide bonds. The summed E-state index contributed by atoms with van der Waals surface area (Å²) in [7, 11) is 1.60. The van der Waals surface area contributed by atoms with E-state index in [1.54, 1.807) is 13.2 Å². The second kappa shape index (κ2) is 7.60. The molecule has 0 heterocycles. The largest absolute Gasteiger partial charge is 0.496 e. The van der Waals surface area contributed by atoms with Gasteiger partial charge in [0.1, 0.15) is 11.6 Å². The molecular weight excluding hydrogens is 257 g/mol. The summed E-state index contributed by atoms with van der Waals surface area (Å²) in [4.78, 5) is 0. The molecule has 0 aliphatic heterocycles. The maximum atomic E-state index is 13.6. The van der Waals surface area contributed by atoms with Gasteiger partial charge in [-0.25, -0.2) is 4.39 Å². The Labute approximate surface area is 121 Å². The molecular formula is C16H26FNO2. The molecule has 0 aliphatic rings. The monoisotopic (exact) mass is 283 g/mol. The van der Waals surface area contributed by atoms with Crippen molar-refractivity contribution >= 4 is 0 Å². The minimum atomic E-state index is -0.411. The highest BCUT2D eigenvalue weighted by atomic mass is 19.1. The van der Waals surface area contributed by atoms with E-state index in [1.165, 1.54) is 12.1 Å². The van der Waals surface area contributed by atoms with E-state index in [0.29, 0.717) is 12.4 Å². The van der Waals surface area contributed by atoms with Crippen LogP contribution < -0.4 is 10.1 Å². The first kappa shape index (κ1) is 16.9. The fourth-order valence-corrected chi connectivity index (χ4v) is 2.51. The minimum Gasteiger partial charge on any atom is -0.496 e. The molecule has 0 aliphatic carbocycles. The predicted octanol–water partition coefficient (Wildman–Crippen LogP) is 3.69. The van der Waals surface area contributed by atoms with Crippen molar-refractivity contribution in [3.8, 4) is 5.75 Å². The van der Waals surface area contributed by atoms with Gasteiger partial charge in [0.15, 0.2) is 0 Å². The molecule has 0 bridgehead atoms. The molecule has 4 heteroatoms. The number of nitrogens with one attached hydrogen (secondary N) is 1. The Balaban J connectivity index is 3.28. The van der Waals surface area contributed by atoms with Crippen LogP contribution in [0.4, 0.5) is 4.39 Å². The summed E-state index contributed by atoms with van der Waals surface area (Å²) < 4.78 is 25.0. The second-order valence-corrected chi connectivity index (χ2v) is 4.98. The predicted molar refractivity (Wildman–Crippen MR) is 79.7 cm³/mol. The average molecular weight is 283 g/mol. The number of halogens is 1. The van der Waals surface area contributed by atoms with E-state index >= 15 is 0 Å². The number of ether oxygens (including phenoxy) is 2. The summed E-state index contributed by atoms with van der Waals surface area (Å²) in [5.41, 5.74) is 0.387. The average Bonchev–Trinajstić information content (AvgIpc) is 2.44. The third kappa shape index (κ3) is 3.70. The van der Waals surface area contributed by atoms with Gasteiger partial charge in [0.05, 0.1) is 18.8 Å². The lowest BCUT2D eigenvalue weighted by Crippen LogP contribution is -2.43. The van der Waals surface area contributed by atoms with Crippen molar-refractivity contribution < 1.29 is 13.9 Å². The van der Waals surface area contributed by atoms with Gasteiger partial charge in [0.25, 0.3) is 0 Å². The Morgan fingerprint density at radius 3 is 2.50 bits per heavy atom. The van der Waals surface area contributed by atoms with Crippen molar-refractivity contribution in [3.05, 3.63) is 29.6 Å². The quantitative estimate of drug-likeness (QED) is 0.789. The molecule has 1 N–H and O–H groups in total. The Hall–Kier alpha value is -1.13. The van der Waals surface area contributed by atoms with Crippen LogP contribution in [0.15, 0.2) is 18.2 Å². The van der Waals surface area contributed by atoms with Gasteiger partial charge in [-0.3, -0.25) is 0 Å². The Morgan fingerprint density at radius 1 is 1.30 bits per heavy atom. The lowest BCUT2D eigenvalue weighted by atomic mass is 9.87. The number of methoxy groups -OCH3 is 1. The normalized spacial score (nSPS) is 15.7. The van der Waals surface area contributed by atoms with Gasteiger partial charge in [-0.15, -0.1) is 0 Å². The van der Waals surface area contributed by atoms with E-state index in [4.69, 9.17) is 9.47 Å². The van der Waals surface area contributed by atoms with E-state index in [2.05, 4.69) is 12.2 Å². The molecule has 2 unspecified atom stereocenters. The van der Waals surface area contributed by atoms with Crippen LogP contribution in [0.25, 0.3) is 0 Å². The van der Waals surface area contributed by atoms with Gasteiger partial charge in [-0.05, 0) is 45.0 Å². The van der Waals surface area contributed by atoms with Crippen molar-refractivity contribution in [1.82, 2.24) is 5.32 Å². The zero-order valence-electron chi connectivity index (χ0n) is 13.1. The highest BCUT2D eigenvalue weighted by Gasteiger charge is 2.35. The summed E-state index contributed by atoms with van der Waals surface area (Å²) in [5, 5.41) is 3.41. The maximum absolute atomic E-state index is 13.6. The van der Waals surface area contributed by atoms with E-state index in [9.17, 15) is 4.39 Å². The summed E-state index contributed by atoms with van der Waals surface area (Å²) in [6, 6.07) is 4.48. The van der Waals surface area contributed by atoms with Crippen molar-refractivity contribution in [3.63, 3.8) is 0 Å². The number of benzene rings is 1. The van der Waals surface area contributed by atoms with Gasteiger partial charge in [-0.2, -0.15) is 0 Å². The van der Waals surface area contributed by atoms with E-state index in [-0.39, 0.29) is 11.9 Å². The highest BCUT2D eigenvalue weighted by molar-refractivity contribution is 5.38. The van der Waals surface area contributed by atoms with E-state index in [0.717, 1.165) is 18.5 Å². The van der Waals surface area contributed by atoms with Gasteiger partial charge >= 0.3 is 0 Å². The summed E-state index contributed by atoms with van der Waals surface area (Å²) in [6.07, 6.45) is 0.818. The maximum Gasteiger partial charge on any atom is 0.123 e. The zero-order chi connectivity index (χ0) is 15.2.